The van der Waals surface area contributed by atoms with Crippen molar-refractivity contribution < 1.29 is 24.5 Å². The maximum Gasteiger partial charge on any atom is 0.306 e. The molecule has 0 aliphatic carbocycles. The van der Waals surface area contributed by atoms with Gasteiger partial charge in [-0.25, -0.2) is 0 Å². The maximum absolute atomic E-state index is 13.2. The molecule has 3 unspecified atom stereocenters. The Labute approximate surface area is 388 Å². The first-order valence-electron chi connectivity index (χ1n) is 25.7. The summed E-state index contributed by atoms with van der Waals surface area (Å²) in [5, 5.41) is 23.7. The van der Waals surface area contributed by atoms with Gasteiger partial charge in [0.25, 0.3) is 0 Å². The summed E-state index contributed by atoms with van der Waals surface area (Å²) in [7, 11) is 0. The van der Waals surface area contributed by atoms with E-state index < -0.39 is 18.2 Å². The van der Waals surface area contributed by atoms with Crippen LogP contribution in [0, 0.1) is 0 Å². The maximum atomic E-state index is 13.2. The predicted molar refractivity (Wildman–Crippen MR) is 273 cm³/mol. The molecule has 0 heterocycles. The third-order valence-corrected chi connectivity index (χ3v) is 10.9. The average molecular weight is 874 g/mol. The zero-order valence-corrected chi connectivity index (χ0v) is 40.7. The van der Waals surface area contributed by atoms with Gasteiger partial charge < -0.3 is 20.3 Å². The van der Waals surface area contributed by atoms with Gasteiger partial charge in [0.05, 0.1) is 25.2 Å². The number of hydrogen-bond acceptors (Lipinski definition) is 5. The van der Waals surface area contributed by atoms with E-state index in [0.717, 1.165) is 96.3 Å². The monoisotopic (exact) mass is 874 g/mol. The summed E-state index contributed by atoms with van der Waals surface area (Å²) in [6.45, 7) is 6.31. The summed E-state index contributed by atoms with van der Waals surface area (Å²) in [6, 6.07) is -0.731. The fraction of sp³-hybridized carbons (Fsp3) is 0.649. The van der Waals surface area contributed by atoms with Crippen LogP contribution in [0.2, 0.25) is 0 Å². The van der Waals surface area contributed by atoms with Gasteiger partial charge in [0.2, 0.25) is 5.91 Å². The van der Waals surface area contributed by atoms with Crippen LogP contribution in [-0.4, -0.2) is 46.9 Å². The van der Waals surface area contributed by atoms with Crippen molar-refractivity contribution in [3.8, 4) is 0 Å². The number of hydrogen-bond donors (Lipinski definition) is 3. The van der Waals surface area contributed by atoms with Crippen LogP contribution in [0.25, 0.3) is 0 Å². The standard InChI is InChI=1S/C57H95NO5/c1-4-7-10-13-16-19-21-23-25-27-29-31-33-35-38-41-44-47-50-57(62)63-53(48-45-42-39-37-34-32-30-28-26-24-22-20-17-14-11-8-5-2)51-56(61)58-54(52-59)55(60)49-46-43-40-36-18-15-12-9-6-3/h10,13,16-17,19-21,23-27,29-32,37,39,53-55,59-60H,4-9,11-12,14-15,18,22,28,33-36,38,40-52H2,1-3H3,(H,58,61)/b13-10+,19-16+,20-17-,23-21+,26-24-,27-25+,31-29+,32-30-,39-37-. The highest BCUT2D eigenvalue weighted by Crippen LogP contribution is 2.16. The third-order valence-electron chi connectivity index (χ3n) is 10.9. The van der Waals surface area contributed by atoms with Gasteiger partial charge in [-0.2, -0.15) is 0 Å². The number of rotatable bonds is 44. The third kappa shape index (κ3) is 44.9. The van der Waals surface area contributed by atoms with E-state index in [1.165, 1.54) is 70.6 Å². The van der Waals surface area contributed by atoms with Crippen molar-refractivity contribution in [1.82, 2.24) is 5.32 Å². The number of ether oxygens (including phenoxy) is 1. The molecule has 0 aromatic rings. The summed E-state index contributed by atoms with van der Waals surface area (Å²) in [4.78, 5) is 26.1. The first kappa shape index (κ1) is 59.5. The molecule has 0 aliphatic heterocycles. The molecule has 0 aromatic heterocycles. The van der Waals surface area contributed by atoms with Crippen molar-refractivity contribution in [2.24, 2.45) is 0 Å². The van der Waals surface area contributed by atoms with Gasteiger partial charge in [-0.15, -0.1) is 0 Å². The average Bonchev–Trinajstić information content (AvgIpc) is 3.28. The quantitative estimate of drug-likeness (QED) is 0.0245. The van der Waals surface area contributed by atoms with E-state index in [9.17, 15) is 19.8 Å². The lowest BCUT2D eigenvalue weighted by atomic mass is 10.0. The molecule has 0 fully saturated rings. The van der Waals surface area contributed by atoms with Gasteiger partial charge in [0.1, 0.15) is 6.10 Å². The number of carbonyl (C=O) groups is 2. The van der Waals surface area contributed by atoms with Crippen molar-refractivity contribution in [2.75, 3.05) is 6.61 Å². The van der Waals surface area contributed by atoms with Crippen molar-refractivity contribution in [3.05, 3.63) is 109 Å². The second kappa shape index (κ2) is 49.5. The lowest BCUT2D eigenvalue weighted by molar-refractivity contribution is -0.151. The molecule has 1 amide bonds. The van der Waals surface area contributed by atoms with Gasteiger partial charge in [-0.05, 0) is 83.5 Å². The van der Waals surface area contributed by atoms with Crippen molar-refractivity contribution >= 4 is 11.9 Å². The molecule has 0 rings (SSSR count). The number of nitrogens with one attached hydrogen (secondary N) is 1. The van der Waals surface area contributed by atoms with Crippen LogP contribution in [-0.2, 0) is 14.3 Å². The van der Waals surface area contributed by atoms with E-state index in [4.69, 9.17) is 4.74 Å². The van der Waals surface area contributed by atoms with Crippen molar-refractivity contribution in [2.45, 2.75) is 232 Å². The minimum absolute atomic E-state index is 0.0222. The molecule has 0 aliphatic rings. The Bertz CT molecular complexity index is 1300. The highest BCUT2D eigenvalue weighted by Gasteiger charge is 2.24. The number of aliphatic hydroxyl groups excluding tert-OH is 2. The summed E-state index contributed by atoms with van der Waals surface area (Å²) in [6.07, 6.45) is 67.1. The van der Waals surface area contributed by atoms with Crippen LogP contribution in [0.5, 0.6) is 0 Å². The van der Waals surface area contributed by atoms with E-state index in [-0.39, 0.29) is 24.9 Å². The summed E-state index contributed by atoms with van der Waals surface area (Å²) in [5.41, 5.74) is 0. The topological polar surface area (TPSA) is 95.9 Å². The van der Waals surface area contributed by atoms with E-state index >= 15 is 0 Å². The Morgan fingerprint density at radius 1 is 0.476 bits per heavy atom. The fourth-order valence-corrected chi connectivity index (χ4v) is 7.04. The largest absolute Gasteiger partial charge is 0.462 e. The number of unbranched alkanes of at least 4 members (excludes halogenated alkanes) is 18. The molecule has 0 radical (unpaired) electrons. The van der Waals surface area contributed by atoms with Crippen molar-refractivity contribution in [1.29, 1.82) is 0 Å². The molecular formula is C57H95NO5. The molecule has 0 saturated heterocycles. The van der Waals surface area contributed by atoms with E-state index in [0.29, 0.717) is 19.3 Å². The highest BCUT2D eigenvalue weighted by atomic mass is 16.5. The molecule has 63 heavy (non-hydrogen) atoms. The minimum atomic E-state index is -0.812. The lowest BCUT2D eigenvalue weighted by Gasteiger charge is -2.24. The number of aliphatic hydroxyl groups is 2. The van der Waals surface area contributed by atoms with Gasteiger partial charge in [-0.3, -0.25) is 9.59 Å². The summed E-state index contributed by atoms with van der Waals surface area (Å²) in [5.74, 6) is -0.568. The number of esters is 1. The second-order valence-electron chi connectivity index (χ2n) is 17.0. The van der Waals surface area contributed by atoms with Crippen LogP contribution in [0.4, 0.5) is 0 Å². The minimum Gasteiger partial charge on any atom is -0.462 e. The molecular weight excluding hydrogens is 779 g/mol. The SMILES string of the molecule is CCC/C=C/C=C/C=C/C=C/C=C/CCCCCCCC(=O)OC(CCC/C=C\C/C=C\C/C=C\C/C=C\CCCCC)CC(=O)NC(CO)C(O)CCCCCCCCCCC. The Kier molecular flexibility index (Phi) is 46.8. The van der Waals surface area contributed by atoms with Crippen LogP contribution in [0.1, 0.15) is 213 Å². The van der Waals surface area contributed by atoms with Crippen molar-refractivity contribution in [3.63, 3.8) is 0 Å². The summed E-state index contributed by atoms with van der Waals surface area (Å²) < 4.78 is 5.89. The van der Waals surface area contributed by atoms with Crippen LogP contribution < -0.4 is 5.32 Å². The molecule has 0 aromatic carbocycles. The highest BCUT2D eigenvalue weighted by molar-refractivity contribution is 5.77. The Morgan fingerprint density at radius 3 is 1.49 bits per heavy atom. The number of amides is 1. The van der Waals surface area contributed by atoms with Gasteiger partial charge >= 0.3 is 5.97 Å². The van der Waals surface area contributed by atoms with Gasteiger partial charge in [-0.1, -0.05) is 226 Å². The first-order chi connectivity index (χ1) is 31.0. The molecule has 3 N–H and O–H groups in total. The van der Waals surface area contributed by atoms with Gasteiger partial charge in [0, 0.05) is 6.42 Å². The Morgan fingerprint density at radius 2 is 0.921 bits per heavy atom. The molecule has 3 atom stereocenters. The van der Waals surface area contributed by atoms with E-state index in [1.54, 1.807) is 0 Å². The van der Waals surface area contributed by atoms with Crippen LogP contribution in [0.3, 0.4) is 0 Å². The normalized spacial score (nSPS) is 14.2. The van der Waals surface area contributed by atoms with E-state index in [1.807, 2.05) is 24.3 Å². The fourth-order valence-electron chi connectivity index (χ4n) is 7.04. The zero-order valence-electron chi connectivity index (χ0n) is 40.7. The molecule has 0 saturated carbocycles. The summed E-state index contributed by atoms with van der Waals surface area (Å²) >= 11 is 0. The molecule has 0 spiro atoms. The molecule has 6 nitrogen and oxygen atoms in total. The second-order valence-corrected chi connectivity index (χ2v) is 17.0. The predicted octanol–water partition coefficient (Wildman–Crippen LogP) is 15.5. The van der Waals surface area contributed by atoms with E-state index in [2.05, 4.69) is 111 Å². The molecule has 0 bridgehead atoms. The smallest absolute Gasteiger partial charge is 0.306 e. The van der Waals surface area contributed by atoms with Crippen LogP contribution >= 0.6 is 0 Å². The van der Waals surface area contributed by atoms with Gasteiger partial charge in [0.15, 0.2) is 0 Å². The Balaban J connectivity index is 4.77. The molecule has 358 valence electrons. The van der Waals surface area contributed by atoms with Crippen LogP contribution in [0.15, 0.2) is 109 Å². The Hall–Kier alpha value is -3.48. The zero-order chi connectivity index (χ0) is 45.9. The number of carbonyl (C=O) groups excluding carboxylic acids is 2. The first-order valence-corrected chi connectivity index (χ1v) is 25.7. The number of allylic oxidation sites excluding steroid dienone is 18. The molecule has 6 heteroatoms. The lowest BCUT2D eigenvalue weighted by Crippen LogP contribution is -2.46.